The first-order chi connectivity index (χ1) is 6.24. The number of nitrogens with zero attached hydrogens (tertiary/aromatic N) is 1. The molecular formula is C11H17NO. The Labute approximate surface area is 79.6 Å². The molecule has 0 radical (unpaired) electrons. The highest BCUT2D eigenvalue weighted by Crippen LogP contribution is 2.16. The lowest BCUT2D eigenvalue weighted by Crippen LogP contribution is -1.99. The lowest BCUT2D eigenvalue weighted by Gasteiger charge is -2.08. The largest absolute Gasteiger partial charge is 0.387 e. The molecule has 2 heteroatoms. The van der Waals surface area contributed by atoms with Gasteiger partial charge in [-0.1, -0.05) is 25.8 Å². The Morgan fingerprint density at radius 3 is 2.77 bits per heavy atom. The van der Waals surface area contributed by atoms with Gasteiger partial charge in [0.05, 0.1) is 11.8 Å². The van der Waals surface area contributed by atoms with Crippen molar-refractivity contribution >= 4 is 0 Å². The molecule has 0 aromatic carbocycles. The van der Waals surface area contributed by atoms with E-state index in [4.69, 9.17) is 0 Å². The second kappa shape index (κ2) is 4.97. The molecule has 72 valence electrons. The molecule has 1 rings (SSSR count). The van der Waals surface area contributed by atoms with Gasteiger partial charge in [0.1, 0.15) is 0 Å². The minimum absolute atomic E-state index is 0.388. The van der Waals surface area contributed by atoms with E-state index < -0.39 is 0 Å². The van der Waals surface area contributed by atoms with Crippen LogP contribution in [-0.4, -0.2) is 10.1 Å². The Hall–Kier alpha value is -0.890. The zero-order chi connectivity index (χ0) is 9.68. The molecule has 1 N–H and O–H groups in total. The van der Waals surface area contributed by atoms with Gasteiger partial charge in [-0.25, -0.2) is 0 Å². The van der Waals surface area contributed by atoms with E-state index in [2.05, 4.69) is 11.9 Å². The van der Waals surface area contributed by atoms with Crippen LogP contribution in [0.1, 0.15) is 43.5 Å². The summed E-state index contributed by atoms with van der Waals surface area (Å²) in [6.45, 7) is 4.12. The maximum absolute atomic E-state index is 9.68. The summed E-state index contributed by atoms with van der Waals surface area (Å²) in [6.07, 6.45) is 4.39. The van der Waals surface area contributed by atoms with Crippen LogP contribution in [0.2, 0.25) is 0 Å². The second-order valence-electron chi connectivity index (χ2n) is 3.42. The van der Waals surface area contributed by atoms with Crippen molar-refractivity contribution in [1.29, 1.82) is 0 Å². The molecule has 1 aromatic rings. The Bertz CT molecular complexity index is 243. The van der Waals surface area contributed by atoms with Crippen molar-refractivity contribution in [3.05, 3.63) is 29.6 Å². The average molecular weight is 179 g/mol. The summed E-state index contributed by atoms with van der Waals surface area (Å²) >= 11 is 0. The van der Waals surface area contributed by atoms with Crippen LogP contribution in [0.15, 0.2) is 18.3 Å². The third kappa shape index (κ3) is 3.15. The predicted molar refractivity (Wildman–Crippen MR) is 53.5 cm³/mol. The number of aryl methyl sites for hydroxylation is 1. The Balaban J connectivity index is 2.55. The zero-order valence-electron chi connectivity index (χ0n) is 8.33. The smallest absolute Gasteiger partial charge is 0.0959 e. The molecule has 0 saturated heterocycles. The van der Waals surface area contributed by atoms with E-state index in [-0.39, 0.29) is 6.10 Å². The first-order valence-electron chi connectivity index (χ1n) is 4.84. The number of unbranched alkanes of at least 4 members (excludes halogenated alkanes) is 1. The van der Waals surface area contributed by atoms with Crippen LogP contribution in [0.4, 0.5) is 0 Å². The van der Waals surface area contributed by atoms with Crippen molar-refractivity contribution in [2.45, 2.75) is 39.2 Å². The first kappa shape index (κ1) is 10.2. The highest BCUT2D eigenvalue weighted by atomic mass is 16.3. The normalized spacial score (nSPS) is 12.8. The quantitative estimate of drug-likeness (QED) is 0.770. The highest BCUT2D eigenvalue weighted by molar-refractivity contribution is 5.13. The van der Waals surface area contributed by atoms with Gasteiger partial charge >= 0.3 is 0 Å². The minimum Gasteiger partial charge on any atom is -0.387 e. The van der Waals surface area contributed by atoms with Gasteiger partial charge < -0.3 is 5.11 Å². The van der Waals surface area contributed by atoms with Gasteiger partial charge in [0, 0.05) is 6.20 Å². The predicted octanol–water partition coefficient (Wildman–Crippen LogP) is 2.61. The third-order valence-electron chi connectivity index (χ3n) is 2.11. The van der Waals surface area contributed by atoms with Crippen molar-refractivity contribution < 1.29 is 5.11 Å². The number of aromatic nitrogens is 1. The molecule has 0 aliphatic rings. The van der Waals surface area contributed by atoms with E-state index in [0.717, 1.165) is 30.5 Å². The third-order valence-corrected chi connectivity index (χ3v) is 2.11. The molecule has 0 spiro atoms. The van der Waals surface area contributed by atoms with E-state index >= 15 is 0 Å². The van der Waals surface area contributed by atoms with Crippen LogP contribution in [0.3, 0.4) is 0 Å². The van der Waals surface area contributed by atoms with Crippen LogP contribution < -0.4 is 0 Å². The molecule has 0 bridgehead atoms. The van der Waals surface area contributed by atoms with Gasteiger partial charge in [-0.15, -0.1) is 0 Å². The van der Waals surface area contributed by atoms with Gasteiger partial charge in [-0.2, -0.15) is 0 Å². The Morgan fingerprint density at radius 1 is 1.46 bits per heavy atom. The molecule has 1 heterocycles. The number of hydrogen-bond acceptors (Lipinski definition) is 2. The number of aliphatic hydroxyl groups excluding tert-OH is 1. The van der Waals surface area contributed by atoms with Gasteiger partial charge in [-0.3, -0.25) is 4.98 Å². The van der Waals surface area contributed by atoms with Crippen LogP contribution in [0, 0.1) is 6.92 Å². The molecule has 1 atom stereocenters. The first-order valence-corrected chi connectivity index (χ1v) is 4.84. The lowest BCUT2D eigenvalue weighted by molar-refractivity contribution is 0.159. The highest BCUT2D eigenvalue weighted by Gasteiger charge is 2.06. The van der Waals surface area contributed by atoms with E-state index in [1.807, 2.05) is 19.1 Å². The van der Waals surface area contributed by atoms with Crippen LogP contribution in [0.25, 0.3) is 0 Å². The fourth-order valence-corrected chi connectivity index (χ4v) is 1.22. The fourth-order valence-electron chi connectivity index (χ4n) is 1.22. The van der Waals surface area contributed by atoms with Gasteiger partial charge in [-0.05, 0) is 25.0 Å². The number of pyridine rings is 1. The molecule has 0 amide bonds. The monoisotopic (exact) mass is 179 g/mol. The summed E-state index contributed by atoms with van der Waals surface area (Å²) in [5.74, 6) is 0. The summed E-state index contributed by atoms with van der Waals surface area (Å²) < 4.78 is 0. The van der Waals surface area contributed by atoms with E-state index in [9.17, 15) is 5.11 Å². The van der Waals surface area contributed by atoms with E-state index in [1.54, 1.807) is 6.20 Å². The van der Waals surface area contributed by atoms with Gasteiger partial charge in [0.2, 0.25) is 0 Å². The maximum Gasteiger partial charge on any atom is 0.0959 e. The fraction of sp³-hybridized carbons (Fsp3) is 0.545. The molecule has 1 unspecified atom stereocenters. The zero-order valence-corrected chi connectivity index (χ0v) is 8.33. The lowest BCUT2D eigenvalue weighted by atomic mass is 10.1. The molecule has 0 saturated carbocycles. The molecule has 2 nitrogen and oxygen atoms in total. The van der Waals surface area contributed by atoms with Crippen molar-refractivity contribution in [1.82, 2.24) is 4.98 Å². The molecule has 1 aromatic heterocycles. The van der Waals surface area contributed by atoms with Crippen molar-refractivity contribution in [2.24, 2.45) is 0 Å². The van der Waals surface area contributed by atoms with E-state index in [1.165, 1.54) is 0 Å². The van der Waals surface area contributed by atoms with Gasteiger partial charge in [0.25, 0.3) is 0 Å². The van der Waals surface area contributed by atoms with Crippen LogP contribution >= 0.6 is 0 Å². The maximum atomic E-state index is 9.68. The topological polar surface area (TPSA) is 33.1 Å². The average Bonchev–Trinajstić information content (AvgIpc) is 2.15. The second-order valence-corrected chi connectivity index (χ2v) is 3.42. The Morgan fingerprint density at radius 2 is 2.23 bits per heavy atom. The SMILES string of the molecule is CCCCC(O)c1ccc(C)cn1. The Kier molecular flexibility index (Phi) is 3.90. The minimum atomic E-state index is -0.388. The number of hydrogen-bond donors (Lipinski definition) is 1. The molecule has 0 aliphatic heterocycles. The summed E-state index contributed by atoms with van der Waals surface area (Å²) in [4.78, 5) is 4.18. The van der Waals surface area contributed by atoms with Crippen LogP contribution in [-0.2, 0) is 0 Å². The molecule has 0 aliphatic carbocycles. The molecule has 0 fully saturated rings. The van der Waals surface area contributed by atoms with Crippen LogP contribution in [0.5, 0.6) is 0 Å². The summed E-state index contributed by atoms with van der Waals surface area (Å²) in [6, 6.07) is 3.88. The summed E-state index contributed by atoms with van der Waals surface area (Å²) in [5.41, 5.74) is 1.92. The molecular weight excluding hydrogens is 162 g/mol. The van der Waals surface area contributed by atoms with Crippen molar-refractivity contribution in [2.75, 3.05) is 0 Å². The number of aliphatic hydroxyl groups is 1. The summed E-state index contributed by atoms with van der Waals surface area (Å²) in [5, 5.41) is 9.68. The standard InChI is InChI=1S/C11H17NO/c1-3-4-5-11(13)10-7-6-9(2)8-12-10/h6-8,11,13H,3-5H2,1-2H3. The molecule has 13 heavy (non-hydrogen) atoms. The van der Waals surface area contributed by atoms with Crippen molar-refractivity contribution in [3.63, 3.8) is 0 Å². The summed E-state index contributed by atoms with van der Waals surface area (Å²) in [7, 11) is 0. The van der Waals surface area contributed by atoms with Crippen molar-refractivity contribution in [3.8, 4) is 0 Å². The number of rotatable bonds is 4. The van der Waals surface area contributed by atoms with E-state index in [0.29, 0.717) is 0 Å². The van der Waals surface area contributed by atoms with Gasteiger partial charge in [0.15, 0.2) is 0 Å².